The lowest BCUT2D eigenvalue weighted by atomic mass is 10.0. The highest BCUT2D eigenvalue weighted by molar-refractivity contribution is 6.35. The summed E-state index contributed by atoms with van der Waals surface area (Å²) in [5.74, 6) is -1.25. The van der Waals surface area contributed by atoms with Crippen LogP contribution in [0.5, 0.6) is 0 Å². The van der Waals surface area contributed by atoms with Crippen LogP contribution in [-0.4, -0.2) is 23.5 Å². The minimum Gasteiger partial charge on any atom is -0.458 e. The summed E-state index contributed by atoms with van der Waals surface area (Å²) in [6.07, 6.45) is 0. The van der Waals surface area contributed by atoms with Crippen molar-refractivity contribution in [2.24, 2.45) is 0 Å². The Morgan fingerprint density at radius 2 is 1.74 bits per heavy atom. The van der Waals surface area contributed by atoms with Crippen LogP contribution >= 0.6 is 0 Å². The van der Waals surface area contributed by atoms with Crippen molar-refractivity contribution in [1.29, 1.82) is 0 Å². The molecule has 3 aromatic rings. The van der Waals surface area contributed by atoms with Crippen LogP contribution in [0.15, 0.2) is 65.1 Å². The highest BCUT2D eigenvalue weighted by Crippen LogP contribution is 2.27. The second-order valence-corrected chi connectivity index (χ2v) is 6.71. The van der Waals surface area contributed by atoms with Gasteiger partial charge in [-0.25, -0.2) is 0 Å². The van der Waals surface area contributed by atoms with Crippen molar-refractivity contribution in [3.8, 4) is 0 Å². The molecule has 6 heteroatoms. The Labute approximate surface area is 157 Å². The molecular formula is C21H22N2O4. The van der Waals surface area contributed by atoms with Crippen LogP contribution in [0, 0.1) is 0 Å². The van der Waals surface area contributed by atoms with Crippen molar-refractivity contribution < 1.29 is 19.1 Å². The lowest BCUT2D eigenvalue weighted by molar-refractivity contribution is -0.140. The van der Waals surface area contributed by atoms with Crippen molar-refractivity contribution in [2.75, 3.05) is 6.54 Å². The van der Waals surface area contributed by atoms with E-state index in [4.69, 9.17) is 4.42 Å². The Balaban J connectivity index is 1.59. The Bertz CT molecular complexity index is 914. The highest BCUT2D eigenvalue weighted by Gasteiger charge is 2.29. The van der Waals surface area contributed by atoms with Gasteiger partial charge in [0.1, 0.15) is 16.9 Å². The largest absolute Gasteiger partial charge is 0.458 e. The maximum atomic E-state index is 12.1. The van der Waals surface area contributed by atoms with E-state index in [0.717, 1.165) is 10.9 Å². The van der Waals surface area contributed by atoms with E-state index in [2.05, 4.69) is 10.6 Å². The predicted octanol–water partition coefficient (Wildman–Crippen LogP) is 2.63. The fourth-order valence-electron chi connectivity index (χ4n) is 2.75. The summed E-state index contributed by atoms with van der Waals surface area (Å²) in [4.78, 5) is 24.2. The first-order valence-corrected chi connectivity index (χ1v) is 8.72. The van der Waals surface area contributed by atoms with Gasteiger partial charge >= 0.3 is 11.8 Å². The van der Waals surface area contributed by atoms with E-state index in [1.807, 2.05) is 48.5 Å². The van der Waals surface area contributed by atoms with Gasteiger partial charge in [0.2, 0.25) is 0 Å². The summed E-state index contributed by atoms with van der Waals surface area (Å²) in [6, 6.07) is 18.1. The van der Waals surface area contributed by atoms with Crippen molar-refractivity contribution >= 4 is 22.8 Å². The molecule has 2 amide bonds. The number of furan rings is 1. The summed E-state index contributed by atoms with van der Waals surface area (Å²) < 4.78 is 5.65. The minimum absolute atomic E-state index is 0.154. The zero-order chi connectivity index (χ0) is 19.4. The molecule has 0 unspecified atom stereocenters. The van der Waals surface area contributed by atoms with E-state index < -0.39 is 17.4 Å². The molecule has 0 spiro atoms. The third-order valence-corrected chi connectivity index (χ3v) is 4.40. The summed E-state index contributed by atoms with van der Waals surface area (Å²) in [7, 11) is 0. The van der Waals surface area contributed by atoms with Crippen molar-refractivity contribution in [3.05, 3.63) is 72.0 Å². The molecule has 2 aromatic carbocycles. The quantitative estimate of drug-likeness (QED) is 0.606. The minimum atomic E-state index is -1.44. The van der Waals surface area contributed by atoms with E-state index in [0.29, 0.717) is 11.3 Å². The Morgan fingerprint density at radius 1 is 1.07 bits per heavy atom. The third-order valence-electron chi connectivity index (χ3n) is 4.40. The van der Waals surface area contributed by atoms with Gasteiger partial charge in [-0.1, -0.05) is 48.5 Å². The van der Waals surface area contributed by atoms with Crippen LogP contribution in [0.1, 0.15) is 31.2 Å². The molecule has 27 heavy (non-hydrogen) atoms. The molecule has 0 aliphatic carbocycles. The molecule has 3 N–H and O–H groups in total. The van der Waals surface area contributed by atoms with Gasteiger partial charge in [0.15, 0.2) is 0 Å². The van der Waals surface area contributed by atoms with Crippen LogP contribution in [0.25, 0.3) is 11.0 Å². The molecule has 1 heterocycles. The number of benzene rings is 2. The topological polar surface area (TPSA) is 91.6 Å². The van der Waals surface area contributed by atoms with Gasteiger partial charge < -0.3 is 20.2 Å². The fourth-order valence-corrected chi connectivity index (χ4v) is 2.75. The van der Waals surface area contributed by atoms with Crippen molar-refractivity contribution in [2.45, 2.75) is 25.5 Å². The number of amides is 2. The first-order valence-electron chi connectivity index (χ1n) is 8.72. The van der Waals surface area contributed by atoms with Crippen LogP contribution < -0.4 is 10.6 Å². The molecule has 140 valence electrons. The van der Waals surface area contributed by atoms with Gasteiger partial charge in [-0.15, -0.1) is 0 Å². The van der Waals surface area contributed by atoms with Gasteiger partial charge in [-0.05, 0) is 31.5 Å². The molecule has 0 aliphatic heterocycles. The zero-order valence-corrected chi connectivity index (χ0v) is 15.2. The lowest BCUT2D eigenvalue weighted by Gasteiger charge is -2.21. The highest BCUT2D eigenvalue weighted by atomic mass is 16.4. The van der Waals surface area contributed by atoms with Gasteiger partial charge in [0, 0.05) is 5.39 Å². The molecule has 2 atom stereocenters. The molecule has 1 aromatic heterocycles. The van der Waals surface area contributed by atoms with Gasteiger partial charge in [0.05, 0.1) is 12.6 Å². The number of carbonyl (C=O) groups excluding carboxylic acids is 2. The van der Waals surface area contributed by atoms with E-state index in [-0.39, 0.29) is 12.6 Å². The monoisotopic (exact) mass is 366 g/mol. The molecule has 0 radical (unpaired) electrons. The first kappa shape index (κ1) is 18.7. The molecule has 3 rings (SSSR count). The SMILES string of the molecule is C[C@H](NC(=O)C(=O)NC[C@](C)(O)c1cc2ccccc2o1)c1ccccc1. The Morgan fingerprint density at radius 3 is 2.44 bits per heavy atom. The van der Waals surface area contributed by atoms with Crippen molar-refractivity contribution in [1.82, 2.24) is 10.6 Å². The molecule has 0 saturated carbocycles. The fraction of sp³-hybridized carbons (Fsp3) is 0.238. The Hall–Kier alpha value is -3.12. The average Bonchev–Trinajstić information content (AvgIpc) is 3.12. The van der Waals surface area contributed by atoms with Crippen LogP contribution in [-0.2, 0) is 15.2 Å². The molecule has 6 nitrogen and oxygen atoms in total. The second-order valence-electron chi connectivity index (χ2n) is 6.71. The predicted molar refractivity (Wildman–Crippen MR) is 102 cm³/mol. The number of carbonyl (C=O) groups is 2. The second kappa shape index (κ2) is 7.63. The van der Waals surface area contributed by atoms with Crippen molar-refractivity contribution in [3.63, 3.8) is 0 Å². The molecule has 0 bridgehead atoms. The van der Waals surface area contributed by atoms with Gasteiger partial charge in [0.25, 0.3) is 0 Å². The number of para-hydroxylation sites is 1. The number of hydrogen-bond donors (Lipinski definition) is 3. The van der Waals surface area contributed by atoms with Crippen LogP contribution in [0.4, 0.5) is 0 Å². The molecular weight excluding hydrogens is 344 g/mol. The average molecular weight is 366 g/mol. The smallest absolute Gasteiger partial charge is 0.309 e. The Kier molecular flexibility index (Phi) is 5.28. The van der Waals surface area contributed by atoms with Gasteiger partial charge in [-0.2, -0.15) is 0 Å². The summed E-state index contributed by atoms with van der Waals surface area (Å²) in [5.41, 5.74) is 0.0986. The van der Waals surface area contributed by atoms with E-state index in [9.17, 15) is 14.7 Å². The maximum absolute atomic E-state index is 12.1. The first-order chi connectivity index (χ1) is 12.9. The molecule has 0 saturated heterocycles. The normalized spacial score (nSPS) is 14.3. The van der Waals surface area contributed by atoms with Crippen LogP contribution in [0.3, 0.4) is 0 Å². The van der Waals surface area contributed by atoms with E-state index in [1.54, 1.807) is 19.1 Å². The number of fused-ring (bicyclic) bond motifs is 1. The summed E-state index contributed by atoms with van der Waals surface area (Å²) in [6.45, 7) is 3.17. The van der Waals surface area contributed by atoms with Crippen LogP contribution in [0.2, 0.25) is 0 Å². The summed E-state index contributed by atoms with van der Waals surface area (Å²) >= 11 is 0. The number of nitrogens with one attached hydrogen (secondary N) is 2. The molecule has 0 aliphatic rings. The summed E-state index contributed by atoms with van der Waals surface area (Å²) in [5, 5.41) is 16.6. The number of aliphatic hydroxyl groups is 1. The maximum Gasteiger partial charge on any atom is 0.309 e. The number of rotatable bonds is 5. The number of hydrogen-bond acceptors (Lipinski definition) is 4. The van der Waals surface area contributed by atoms with E-state index >= 15 is 0 Å². The molecule has 0 fully saturated rings. The zero-order valence-electron chi connectivity index (χ0n) is 15.2. The lowest BCUT2D eigenvalue weighted by Crippen LogP contribution is -2.45. The standard InChI is InChI=1S/C21H22N2O4/c1-14(15-8-4-3-5-9-15)23-20(25)19(24)22-13-21(2,26)18-12-16-10-6-7-11-17(16)27-18/h3-12,14,26H,13H2,1-2H3,(H,22,24)(H,23,25)/t14-,21-/m0/s1. The third kappa shape index (κ3) is 4.35. The van der Waals surface area contributed by atoms with E-state index in [1.165, 1.54) is 6.92 Å². The van der Waals surface area contributed by atoms with Gasteiger partial charge in [-0.3, -0.25) is 9.59 Å².